The molecule has 0 bridgehead atoms. The van der Waals surface area contributed by atoms with Gasteiger partial charge in [0, 0.05) is 11.9 Å². The van der Waals surface area contributed by atoms with Crippen molar-refractivity contribution in [2.45, 2.75) is 26.5 Å². The summed E-state index contributed by atoms with van der Waals surface area (Å²) < 4.78 is 10.2. The highest BCUT2D eigenvalue weighted by Crippen LogP contribution is 2.09. The summed E-state index contributed by atoms with van der Waals surface area (Å²) in [6.45, 7) is 4.84. The van der Waals surface area contributed by atoms with Crippen molar-refractivity contribution in [2.75, 3.05) is 13.2 Å². The average Bonchev–Trinajstić information content (AvgIpc) is 2.72. The molecule has 1 heterocycles. The first-order chi connectivity index (χ1) is 7.63. The van der Waals surface area contributed by atoms with Crippen LogP contribution in [0.4, 0.5) is 0 Å². The van der Waals surface area contributed by atoms with Crippen LogP contribution in [0.15, 0.2) is 5.38 Å². The number of nitrogens with zero attached hydrogens (tertiary/aromatic N) is 1. The summed E-state index contributed by atoms with van der Waals surface area (Å²) in [5.41, 5.74) is 5.71. The summed E-state index contributed by atoms with van der Waals surface area (Å²) in [7, 11) is 0. The van der Waals surface area contributed by atoms with Gasteiger partial charge in [0.15, 0.2) is 5.69 Å². The van der Waals surface area contributed by atoms with Crippen LogP contribution in [0.5, 0.6) is 0 Å². The van der Waals surface area contributed by atoms with Gasteiger partial charge in [-0.05, 0) is 13.8 Å². The van der Waals surface area contributed by atoms with Gasteiger partial charge in [-0.1, -0.05) is 0 Å². The van der Waals surface area contributed by atoms with Gasteiger partial charge in [0.1, 0.15) is 11.6 Å². The quantitative estimate of drug-likeness (QED) is 0.601. The van der Waals surface area contributed by atoms with Crippen LogP contribution in [0.1, 0.15) is 29.3 Å². The van der Waals surface area contributed by atoms with E-state index in [-0.39, 0.29) is 12.7 Å². The number of hydrogen-bond acceptors (Lipinski definition) is 6. The smallest absolute Gasteiger partial charge is 0.357 e. The molecule has 0 unspecified atom stereocenters. The molecule has 0 aliphatic rings. The number of carbonyl (C=O) groups is 1. The van der Waals surface area contributed by atoms with Gasteiger partial charge in [-0.15, -0.1) is 11.3 Å². The molecule has 0 fully saturated rings. The SMILES string of the molecule is CC(C)OCCOC(=O)c1csc(CN)n1. The van der Waals surface area contributed by atoms with E-state index in [0.29, 0.717) is 18.8 Å². The van der Waals surface area contributed by atoms with Crippen LogP contribution < -0.4 is 5.73 Å². The fourth-order valence-electron chi connectivity index (χ4n) is 0.991. The topological polar surface area (TPSA) is 74.4 Å². The summed E-state index contributed by atoms with van der Waals surface area (Å²) in [5, 5.41) is 2.37. The lowest BCUT2D eigenvalue weighted by Gasteiger charge is -2.07. The number of aromatic nitrogens is 1. The zero-order valence-electron chi connectivity index (χ0n) is 9.43. The minimum atomic E-state index is -0.427. The molecule has 0 aliphatic heterocycles. The monoisotopic (exact) mass is 244 g/mol. The molecule has 1 aromatic heterocycles. The average molecular weight is 244 g/mol. The normalized spacial score (nSPS) is 10.8. The van der Waals surface area contributed by atoms with Crippen molar-refractivity contribution in [3.05, 3.63) is 16.1 Å². The Balaban J connectivity index is 2.29. The third-order valence-electron chi connectivity index (χ3n) is 1.70. The van der Waals surface area contributed by atoms with Crippen LogP contribution in [0.3, 0.4) is 0 Å². The van der Waals surface area contributed by atoms with E-state index in [2.05, 4.69) is 4.98 Å². The minimum absolute atomic E-state index is 0.141. The van der Waals surface area contributed by atoms with Crippen molar-refractivity contribution in [1.82, 2.24) is 4.98 Å². The predicted molar refractivity (Wildman–Crippen MR) is 61.4 cm³/mol. The fourth-order valence-corrected chi connectivity index (χ4v) is 1.63. The summed E-state index contributed by atoms with van der Waals surface area (Å²) in [4.78, 5) is 15.5. The first-order valence-electron chi connectivity index (χ1n) is 5.06. The Kier molecular flexibility index (Phi) is 5.37. The zero-order valence-corrected chi connectivity index (χ0v) is 10.3. The molecule has 0 aliphatic carbocycles. The molecule has 1 rings (SSSR count). The number of hydrogen-bond donors (Lipinski definition) is 1. The van der Waals surface area contributed by atoms with Crippen molar-refractivity contribution in [3.8, 4) is 0 Å². The Morgan fingerprint density at radius 3 is 2.88 bits per heavy atom. The molecule has 90 valence electrons. The van der Waals surface area contributed by atoms with Crippen LogP contribution in [0.2, 0.25) is 0 Å². The lowest BCUT2D eigenvalue weighted by Crippen LogP contribution is -2.14. The molecular weight excluding hydrogens is 228 g/mol. The first kappa shape index (κ1) is 13.1. The highest BCUT2D eigenvalue weighted by atomic mass is 32.1. The van der Waals surface area contributed by atoms with Gasteiger partial charge in [0.2, 0.25) is 0 Å². The van der Waals surface area contributed by atoms with Gasteiger partial charge < -0.3 is 15.2 Å². The maximum absolute atomic E-state index is 11.4. The van der Waals surface area contributed by atoms with Crippen molar-refractivity contribution in [1.29, 1.82) is 0 Å². The van der Waals surface area contributed by atoms with Crippen LogP contribution in [0.25, 0.3) is 0 Å². The maximum Gasteiger partial charge on any atom is 0.357 e. The molecule has 0 radical (unpaired) electrons. The summed E-state index contributed by atoms with van der Waals surface area (Å²) in [5.74, 6) is -0.427. The van der Waals surface area contributed by atoms with E-state index in [1.165, 1.54) is 11.3 Å². The number of nitrogens with two attached hydrogens (primary N) is 1. The first-order valence-corrected chi connectivity index (χ1v) is 5.94. The van der Waals surface area contributed by atoms with E-state index in [9.17, 15) is 4.79 Å². The number of carbonyl (C=O) groups excluding carboxylic acids is 1. The van der Waals surface area contributed by atoms with E-state index in [1.807, 2.05) is 13.8 Å². The van der Waals surface area contributed by atoms with E-state index in [0.717, 1.165) is 5.01 Å². The molecule has 2 N–H and O–H groups in total. The van der Waals surface area contributed by atoms with Gasteiger partial charge in [-0.3, -0.25) is 0 Å². The largest absolute Gasteiger partial charge is 0.458 e. The second kappa shape index (κ2) is 6.57. The van der Waals surface area contributed by atoms with Crippen molar-refractivity contribution >= 4 is 17.3 Å². The molecule has 0 spiro atoms. The standard InChI is InChI=1S/C10H16N2O3S/c1-7(2)14-3-4-15-10(13)8-6-16-9(5-11)12-8/h6-7H,3-5,11H2,1-2H3. The molecule has 0 saturated carbocycles. The Morgan fingerprint density at radius 2 is 2.31 bits per heavy atom. The van der Waals surface area contributed by atoms with Crippen molar-refractivity contribution in [2.24, 2.45) is 5.73 Å². The molecule has 16 heavy (non-hydrogen) atoms. The van der Waals surface area contributed by atoms with Crippen LogP contribution in [0, 0.1) is 0 Å². The highest BCUT2D eigenvalue weighted by molar-refractivity contribution is 7.09. The highest BCUT2D eigenvalue weighted by Gasteiger charge is 2.11. The van der Waals surface area contributed by atoms with Crippen LogP contribution in [-0.2, 0) is 16.0 Å². The Labute approximate surface area is 98.6 Å². The number of rotatable bonds is 6. The lowest BCUT2D eigenvalue weighted by atomic mass is 10.5. The van der Waals surface area contributed by atoms with Gasteiger partial charge in [0.25, 0.3) is 0 Å². The Morgan fingerprint density at radius 1 is 1.56 bits per heavy atom. The second-order valence-corrected chi connectivity index (χ2v) is 4.33. The van der Waals surface area contributed by atoms with Gasteiger partial charge in [-0.25, -0.2) is 9.78 Å². The van der Waals surface area contributed by atoms with Crippen LogP contribution in [-0.4, -0.2) is 30.3 Å². The molecule has 0 aromatic carbocycles. The van der Waals surface area contributed by atoms with E-state index in [4.69, 9.17) is 15.2 Å². The maximum atomic E-state index is 11.4. The summed E-state index contributed by atoms with van der Waals surface area (Å²) in [6, 6.07) is 0. The fraction of sp³-hybridized carbons (Fsp3) is 0.600. The predicted octanol–water partition coefficient (Wildman–Crippen LogP) is 1.18. The molecule has 0 atom stereocenters. The molecular formula is C10H16N2O3S. The number of thiazole rings is 1. The van der Waals surface area contributed by atoms with Crippen LogP contribution >= 0.6 is 11.3 Å². The third-order valence-corrected chi connectivity index (χ3v) is 2.57. The summed E-state index contributed by atoms with van der Waals surface area (Å²) >= 11 is 1.35. The van der Waals surface area contributed by atoms with Crippen molar-refractivity contribution in [3.63, 3.8) is 0 Å². The molecule has 1 aromatic rings. The van der Waals surface area contributed by atoms with Gasteiger partial charge >= 0.3 is 5.97 Å². The minimum Gasteiger partial charge on any atom is -0.458 e. The summed E-state index contributed by atoms with van der Waals surface area (Å²) in [6.07, 6.45) is 0.141. The molecule has 6 heteroatoms. The molecule has 0 saturated heterocycles. The van der Waals surface area contributed by atoms with E-state index < -0.39 is 5.97 Å². The Hall–Kier alpha value is -0.980. The molecule has 0 amide bonds. The third kappa shape index (κ3) is 4.26. The van der Waals surface area contributed by atoms with Crippen molar-refractivity contribution < 1.29 is 14.3 Å². The lowest BCUT2D eigenvalue weighted by molar-refractivity contribution is 0.0173. The second-order valence-electron chi connectivity index (χ2n) is 3.39. The zero-order chi connectivity index (χ0) is 12.0. The van der Waals surface area contributed by atoms with E-state index >= 15 is 0 Å². The Bertz CT molecular complexity index is 339. The van der Waals surface area contributed by atoms with Gasteiger partial charge in [-0.2, -0.15) is 0 Å². The van der Waals surface area contributed by atoms with Gasteiger partial charge in [0.05, 0.1) is 12.7 Å². The number of esters is 1. The number of ether oxygens (including phenoxy) is 2. The van der Waals surface area contributed by atoms with E-state index in [1.54, 1.807) is 5.38 Å². The molecule has 5 nitrogen and oxygen atoms in total.